The zero-order chi connectivity index (χ0) is 15.4. The third kappa shape index (κ3) is 5.26. The summed E-state index contributed by atoms with van der Waals surface area (Å²) >= 11 is 6.00. The Balaban J connectivity index is 2.80. The van der Waals surface area contributed by atoms with Gasteiger partial charge in [0.15, 0.2) is 0 Å². The van der Waals surface area contributed by atoms with E-state index in [1.54, 1.807) is 0 Å². The molecule has 0 saturated carbocycles. The normalized spacial score (nSPS) is 12.4. The summed E-state index contributed by atoms with van der Waals surface area (Å²) in [7, 11) is -3.56. The van der Waals surface area contributed by atoms with Crippen molar-refractivity contribution in [1.29, 1.82) is 0 Å². The Bertz CT molecular complexity index is 553. The Hall–Kier alpha value is -0.850. The monoisotopic (exact) mass is 319 g/mol. The maximum atomic E-state index is 12.1. The predicted molar refractivity (Wildman–Crippen MR) is 82.7 cm³/mol. The fourth-order valence-electron chi connectivity index (χ4n) is 1.51. The number of anilines is 1. The Kier molecular flexibility index (Phi) is 5.79. The average Bonchev–Trinajstić information content (AvgIpc) is 2.29. The first-order valence-corrected chi connectivity index (χ1v) is 8.41. The summed E-state index contributed by atoms with van der Waals surface area (Å²) in [5.41, 5.74) is 0.0767. The molecule has 0 aliphatic heterocycles. The van der Waals surface area contributed by atoms with Crippen LogP contribution in [0, 0.1) is 5.41 Å². The standard InChI is InChI=1S/C13H22ClN3O2S/c1-5-15-12-11(14)8-10(9-16-12)20(18,19)17-7-6-13(2,3)4/h8-9,17H,5-7H2,1-4H3,(H,15,16). The van der Waals surface area contributed by atoms with Crippen LogP contribution in [0.15, 0.2) is 17.2 Å². The molecule has 0 atom stereocenters. The molecule has 0 aromatic carbocycles. The van der Waals surface area contributed by atoms with Crippen LogP contribution in [0.2, 0.25) is 5.02 Å². The number of halogens is 1. The highest BCUT2D eigenvalue weighted by Gasteiger charge is 2.18. The van der Waals surface area contributed by atoms with Gasteiger partial charge in [-0.1, -0.05) is 32.4 Å². The fourth-order valence-corrected chi connectivity index (χ4v) is 2.81. The number of hydrogen-bond acceptors (Lipinski definition) is 4. The van der Waals surface area contributed by atoms with E-state index in [2.05, 4.69) is 35.8 Å². The Labute approximate surface area is 126 Å². The molecule has 1 aromatic heterocycles. The van der Waals surface area contributed by atoms with Crippen molar-refractivity contribution in [3.63, 3.8) is 0 Å². The van der Waals surface area contributed by atoms with Gasteiger partial charge in [-0.3, -0.25) is 0 Å². The number of rotatable bonds is 6. The number of nitrogens with one attached hydrogen (secondary N) is 2. The molecule has 0 bridgehead atoms. The minimum Gasteiger partial charge on any atom is -0.369 e. The summed E-state index contributed by atoms with van der Waals surface area (Å²) in [6.45, 7) is 9.15. The molecule has 0 aliphatic rings. The number of hydrogen-bond donors (Lipinski definition) is 2. The fraction of sp³-hybridized carbons (Fsp3) is 0.615. The highest BCUT2D eigenvalue weighted by molar-refractivity contribution is 7.89. The summed E-state index contributed by atoms with van der Waals surface area (Å²) in [6.07, 6.45) is 2.06. The molecule has 1 rings (SSSR count). The van der Waals surface area contributed by atoms with E-state index in [-0.39, 0.29) is 10.3 Å². The van der Waals surface area contributed by atoms with Gasteiger partial charge in [0.1, 0.15) is 10.7 Å². The van der Waals surface area contributed by atoms with E-state index in [1.807, 2.05) is 6.92 Å². The minimum atomic E-state index is -3.56. The van der Waals surface area contributed by atoms with Crippen molar-refractivity contribution in [3.05, 3.63) is 17.3 Å². The van der Waals surface area contributed by atoms with E-state index in [1.165, 1.54) is 12.3 Å². The van der Waals surface area contributed by atoms with Gasteiger partial charge in [0.05, 0.1) is 5.02 Å². The minimum absolute atomic E-state index is 0.0767. The lowest BCUT2D eigenvalue weighted by molar-refractivity contribution is 0.378. The number of aromatic nitrogens is 1. The van der Waals surface area contributed by atoms with Crippen molar-refractivity contribution in [1.82, 2.24) is 9.71 Å². The van der Waals surface area contributed by atoms with Crippen LogP contribution in [0.25, 0.3) is 0 Å². The van der Waals surface area contributed by atoms with Gasteiger partial charge < -0.3 is 5.32 Å². The topological polar surface area (TPSA) is 71.1 Å². The molecular formula is C13H22ClN3O2S. The van der Waals surface area contributed by atoms with Gasteiger partial charge in [-0.2, -0.15) is 0 Å². The molecule has 0 amide bonds. The lowest BCUT2D eigenvalue weighted by atomic mass is 9.93. The number of sulfonamides is 1. The quantitative estimate of drug-likeness (QED) is 0.845. The smallest absolute Gasteiger partial charge is 0.242 e. The average molecular weight is 320 g/mol. The van der Waals surface area contributed by atoms with Gasteiger partial charge >= 0.3 is 0 Å². The second-order valence-electron chi connectivity index (χ2n) is 5.74. The van der Waals surface area contributed by atoms with E-state index in [4.69, 9.17) is 11.6 Å². The zero-order valence-corrected chi connectivity index (χ0v) is 13.9. The van der Waals surface area contributed by atoms with Crippen LogP contribution in [0.1, 0.15) is 34.1 Å². The van der Waals surface area contributed by atoms with Crippen molar-refractivity contribution in [3.8, 4) is 0 Å². The molecule has 0 spiro atoms. The Morgan fingerprint density at radius 1 is 1.35 bits per heavy atom. The molecule has 0 unspecified atom stereocenters. The Morgan fingerprint density at radius 2 is 2.00 bits per heavy atom. The zero-order valence-electron chi connectivity index (χ0n) is 12.3. The summed E-state index contributed by atoms with van der Waals surface area (Å²) in [5.74, 6) is 0.489. The van der Waals surface area contributed by atoms with E-state index < -0.39 is 10.0 Å². The van der Waals surface area contributed by atoms with Gasteiger partial charge in [0.25, 0.3) is 0 Å². The van der Waals surface area contributed by atoms with Crippen LogP contribution < -0.4 is 10.0 Å². The lowest BCUT2D eigenvalue weighted by Gasteiger charge is -2.18. The van der Waals surface area contributed by atoms with Gasteiger partial charge in [-0.05, 0) is 24.8 Å². The molecule has 1 heterocycles. The van der Waals surface area contributed by atoms with E-state index in [0.717, 1.165) is 6.42 Å². The van der Waals surface area contributed by atoms with Gasteiger partial charge in [-0.15, -0.1) is 0 Å². The molecule has 0 radical (unpaired) electrons. The third-order valence-corrected chi connectivity index (χ3v) is 4.35. The van der Waals surface area contributed by atoms with Crippen LogP contribution in [0.5, 0.6) is 0 Å². The van der Waals surface area contributed by atoms with Crippen LogP contribution in [-0.4, -0.2) is 26.5 Å². The van der Waals surface area contributed by atoms with Crippen LogP contribution in [-0.2, 0) is 10.0 Å². The predicted octanol–water partition coefficient (Wildman–Crippen LogP) is 2.88. The van der Waals surface area contributed by atoms with Crippen molar-refractivity contribution in [2.75, 3.05) is 18.4 Å². The maximum absolute atomic E-state index is 12.1. The summed E-state index contributed by atoms with van der Waals surface area (Å²) < 4.78 is 26.8. The van der Waals surface area contributed by atoms with E-state index in [9.17, 15) is 8.42 Å². The SMILES string of the molecule is CCNc1ncc(S(=O)(=O)NCCC(C)(C)C)cc1Cl. The molecule has 7 heteroatoms. The summed E-state index contributed by atoms with van der Waals surface area (Å²) in [4.78, 5) is 4.11. The summed E-state index contributed by atoms with van der Waals surface area (Å²) in [5, 5.41) is 3.26. The molecule has 2 N–H and O–H groups in total. The molecule has 0 fully saturated rings. The highest BCUT2D eigenvalue weighted by Crippen LogP contribution is 2.22. The second-order valence-corrected chi connectivity index (χ2v) is 7.91. The van der Waals surface area contributed by atoms with Gasteiger partial charge in [-0.25, -0.2) is 18.1 Å². The van der Waals surface area contributed by atoms with Gasteiger partial charge in [0, 0.05) is 19.3 Å². The van der Waals surface area contributed by atoms with Crippen LogP contribution >= 0.6 is 11.6 Å². The van der Waals surface area contributed by atoms with Crippen LogP contribution in [0.3, 0.4) is 0 Å². The first kappa shape index (κ1) is 17.2. The molecular weight excluding hydrogens is 298 g/mol. The first-order valence-electron chi connectivity index (χ1n) is 6.55. The van der Waals surface area contributed by atoms with Crippen molar-refractivity contribution in [2.24, 2.45) is 5.41 Å². The van der Waals surface area contributed by atoms with Gasteiger partial charge in [0.2, 0.25) is 10.0 Å². The summed E-state index contributed by atoms with van der Waals surface area (Å²) in [6, 6.07) is 1.41. The number of nitrogens with zero attached hydrogens (tertiary/aromatic N) is 1. The largest absolute Gasteiger partial charge is 0.369 e. The number of pyridine rings is 1. The Morgan fingerprint density at radius 3 is 2.50 bits per heavy atom. The van der Waals surface area contributed by atoms with Crippen molar-refractivity contribution >= 4 is 27.4 Å². The molecule has 114 valence electrons. The molecule has 0 aliphatic carbocycles. The molecule has 0 saturated heterocycles. The molecule has 1 aromatic rings. The van der Waals surface area contributed by atoms with E-state index in [0.29, 0.717) is 23.9 Å². The van der Waals surface area contributed by atoms with Crippen LogP contribution in [0.4, 0.5) is 5.82 Å². The molecule has 5 nitrogen and oxygen atoms in total. The highest BCUT2D eigenvalue weighted by atomic mass is 35.5. The maximum Gasteiger partial charge on any atom is 0.242 e. The first-order chi connectivity index (χ1) is 9.15. The lowest BCUT2D eigenvalue weighted by Crippen LogP contribution is -2.27. The molecule has 20 heavy (non-hydrogen) atoms. The second kappa shape index (κ2) is 6.74. The van der Waals surface area contributed by atoms with Crippen molar-refractivity contribution < 1.29 is 8.42 Å². The van der Waals surface area contributed by atoms with Crippen molar-refractivity contribution in [2.45, 2.75) is 39.0 Å². The third-order valence-electron chi connectivity index (χ3n) is 2.64. The van der Waals surface area contributed by atoms with E-state index >= 15 is 0 Å².